The van der Waals surface area contributed by atoms with E-state index in [1.807, 2.05) is 31.2 Å². The molecular weight excluding hydrogens is 322 g/mol. The predicted octanol–water partition coefficient (Wildman–Crippen LogP) is 2.93. The highest BCUT2D eigenvalue weighted by molar-refractivity contribution is 5.95. The van der Waals surface area contributed by atoms with Crippen LogP contribution < -0.4 is 5.32 Å². The minimum absolute atomic E-state index is 0.0262. The van der Waals surface area contributed by atoms with Gasteiger partial charge < -0.3 is 5.32 Å². The summed E-state index contributed by atoms with van der Waals surface area (Å²) in [5, 5.41) is 3.14. The molecular formula is C22H29N3O. The number of aryl methyl sites for hydroxylation is 1. The lowest BCUT2D eigenvalue weighted by atomic mass is 10.1. The van der Waals surface area contributed by atoms with Gasteiger partial charge in [0.05, 0.1) is 0 Å². The lowest BCUT2D eigenvalue weighted by Gasteiger charge is -2.36. The molecule has 26 heavy (non-hydrogen) atoms. The van der Waals surface area contributed by atoms with Crippen LogP contribution in [0.2, 0.25) is 0 Å². The molecule has 2 aromatic rings. The largest absolute Gasteiger partial charge is 0.348 e. The molecule has 138 valence electrons. The number of amides is 1. The van der Waals surface area contributed by atoms with Crippen molar-refractivity contribution in [2.45, 2.75) is 26.4 Å². The molecule has 1 saturated heterocycles. The van der Waals surface area contributed by atoms with E-state index >= 15 is 0 Å². The number of benzene rings is 2. The number of nitrogens with zero attached hydrogens (tertiary/aromatic N) is 2. The van der Waals surface area contributed by atoms with Gasteiger partial charge in [0.25, 0.3) is 5.91 Å². The number of hydrogen-bond donors (Lipinski definition) is 1. The van der Waals surface area contributed by atoms with Gasteiger partial charge in [0.2, 0.25) is 0 Å². The third-order valence-electron chi connectivity index (χ3n) is 5.01. The second-order valence-electron chi connectivity index (χ2n) is 7.25. The zero-order chi connectivity index (χ0) is 18.4. The maximum absolute atomic E-state index is 12.4. The molecule has 0 spiro atoms. The van der Waals surface area contributed by atoms with E-state index in [4.69, 9.17) is 0 Å². The summed E-state index contributed by atoms with van der Waals surface area (Å²) in [6.45, 7) is 10.2. The summed E-state index contributed by atoms with van der Waals surface area (Å²) in [5.41, 5.74) is 3.17. The van der Waals surface area contributed by atoms with Gasteiger partial charge in [-0.25, -0.2) is 0 Å². The van der Waals surface area contributed by atoms with Gasteiger partial charge in [-0.05, 0) is 31.0 Å². The molecule has 0 aromatic heterocycles. The molecule has 1 aliphatic rings. The third kappa shape index (κ3) is 5.16. The highest BCUT2D eigenvalue weighted by Gasteiger charge is 2.20. The van der Waals surface area contributed by atoms with Crippen LogP contribution in [0.1, 0.15) is 28.4 Å². The van der Waals surface area contributed by atoms with Gasteiger partial charge in [-0.3, -0.25) is 14.6 Å². The Bertz CT molecular complexity index is 708. The van der Waals surface area contributed by atoms with Crippen LogP contribution in [0.5, 0.6) is 0 Å². The molecule has 1 fully saturated rings. The fourth-order valence-electron chi connectivity index (χ4n) is 3.53. The van der Waals surface area contributed by atoms with Gasteiger partial charge >= 0.3 is 0 Å². The summed E-state index contributed by atoms with van der Waals surface area (Å²) in [4.78, 5) is 17.4. The fraction of sp³-hybridized carbons (Fsp3) is 0.409. The molecule has 4 heteroatoms. The monoisotopic (exact) mass is 351 g/mol. The number of piperazine rings is 1. The maximum Gasteiger partial charge on any atom is 0.251 e. The first kappa shape index (κ1) is 18.6. The van der Waals surface area contributed by atoms with Crippen LogP contribution in [0.4, 0.5) is 0 Å². The first-order valence-electron chi connectivity index (χ1n) is 9.47. The first-order valence-corrected chi connectivity index (χ1v) is 9.47. The minimum atomic E-state index is 0.0262. The van der Waals surface area contributed by atoms with Crippen LogP contribution in [0.25, 0.3) is 0 Å². The average molecular weight is 351 g/mol. The molecule has 1 aliphatic heterocycles. The van der Waals surface area contributed by atoms with Gasteiger partial charge in [-0.15, -0.1) is 0 Å². The standard InChI is InChI=1S/C22H29N3O/c1-18-8-6-7-11-21(18)22(26)23-19(2)16-24-12-14-25(15-13-24)17-20-9-4-3-5-10-20/h3-11,19H,12-17H2,1-2H3,(H,23,26)/t19-/m0/s1. The Kier molecular flexibility index (Phi) is 6.42. The third-order valence-corrected chi connectivity index (χ3v) is 5.01. The molecule has 3 rings (SSSR count). The van der Waals surface area contributed by atoms with Gasteiger partial charge in [0.1, 0.15) is 0 Å². The second-order valence-corrected chi connectivity index (χ2v) is 7.25. The molecule has 0 aliphatic carbocycles. The van der Waals surface area contributed by atoms with E-state index in [2.05, 4.69) is 52.4 Å². The molecule has 0 radical (unpaired) electrons. The second kappa shape index (κ2) is 8.97. The normalized spacial score (nSPS) is 17.0. The van der Waals surface area contributed by atoms with Crippen molar-refractivity contribution in [1.82, 2.24) is 15.1 Å². The summed E-state index contributed by atoms with van der Waals surface area (Å²) in [7, 11) is 0. The van der Waals surface area contributed by atoms with E-state index in [1.54, 1.807) is 0 Å². The highest BCUT2D eigenvalue weighted by Crippen LogP contribution is 2.10. The van der Waals surface area contributed by atoms with Crippen molar-refractivity contribution in [3.8, 4) is 0 Å². The Labute approximate surface area is 156 Å². The molecule has 1 atom stereocenters. The molecule has 1 heterocycles. The van der Waals surface area contributed by atoms with E-state index in [-0.39, 0.29) is 11.9 Å². The van der Waals surface area contributed by atoms with Crippen molar-refractivity contribution < 1.29 is 4.79 Å². The van der Waals surface area contributed by atoms with Crippen molar-refractivity contribution in [3.63, 3.8) is 0 Å². The molecule has 4 nitrogen and oxygen atoms in total. The quantitative estimate of drug-likeness (QED) is 0.869. The van der Waals surface area contributed by atoms with Crippen LogP contribution >= 0.6 is 0 Å². The summed E-state index contributed by atoms with van der Waals surface area (Å²) >= 11 is 0. The Morgan fingerprint density at radius 3 is 2.27 bits per heavy atom. The number of carbonyl (C=O) groups is 1. The van der Waals surface area contributed by atoms with Gasteiger partial charge in [0.15, 0.2) is 0 Å². The van der Waals surface area contributed by atoms with Crippen molar-refractivity contribution in [2.75, 3.05) is 32.7 Å². The van der Waals surface area contributed by atoms with Crippen molar-refractivity contribution in [3.05, 3.63) is 71.3 Å². The lowest BCUT2D eigenvalue weighted by Crippen LogP contribution is -2.50. The number of nitrogens with one attached hydrogen (secondary N) is 1. The molecule has 0 saturated carbocycles. The highest BCUT2D eigenvalue weighted by atomic mass is 16.1. The number of rotatable bonds is 6. The van der Waals surface area contributed by atoms with Crippen molar-refractivity contribution in [2.24, 2.45) is 0 Å². The summed E-state index contributed by atoms with van der Waals surface area (Å²) in [5.74, 6) is 0.0262. The maximum atomic E-state index is 12.4. The van der Waals surface area contributed by atoms with E-state index in [0.29, 0.717) is 0 Å². The van der Waals surface area contributed by atoms with E-state index in [1.165, 1.54) is 5.56 Å². The van der Waals surface area contributed by atoms with E-state index in [0.717, 1.165) is 50.4 Å². The SMILES string of the molecule is Cc1ccccc1C(=O)N[C@@H](C)CN1CCN(Cc2ccccc2)CC1. The number of carbonyl (C=O) groups excluding carboxylic acids is 1. The average Bonchev–Trinajstić information content (AvgIpc) is 2.64. The fourth-order valence-corrected chi connectivity index (χ4v) is 3.53. The molecule has 2 aromatic carbocycles. The van der Waals surface area contributed by atoms with Crippen LogP contribution in [-0.2, 0) is 6.54 Å². The van der Waals surface area contributed by atoms with E-state index < -0.39 is 0 Å². The minimum Gasteiger partial charge on any atom is -0.348 e. The summed E-state index contributed by atoms with van der Waals surface area (Å²) in [6.07, 6.45) is 0. The molecule has 1 amide bonds. The van der Waals surface area contributed by atoms with Gasteiger partial charge in [-0.1, -0.05) is 48.5 Å². The molecule has 0 bridgehead atoms. The van der Waals surface area contributed by atoms with E-state index in [9.17, 15) is 4.79 Å². The molecule has 0 unspecified atom stereocenters. The van der Waals surface area contributed by atoms with Gasteiger partial charge in [-0.2, -0.15) is 0 Å². The van der Waals surface area contributed by atoms with Gasteiger partial charge in [0, 0.05) is 50.9 Å². The van der Waals surface area contributed by atoms with Crippen LogP contribution in [0.15, 0.2) is 54.6 Å². The Morgan fingerprint density at radius 1 is 0.962 bits per heavy atom. The zero-order valence-corrected chi connectivity index (χ0v) is 15.8. The van der Waals surface area contributed by atoms with Crippen molar-refractivity contribution in [1.29, 1.82) is 0 Å². The molecule has 1 N–H and O–H groups in total. The predicted molar refractivity (Wildman–Crippen MR) is 106 cm³/mol. The smallest absolute Gasteiger partial charge is 0.251 e. The first-order chi connectivity index (χ1) is 12.6. The lowest BCUT2D eigenvalue weighted by molar-refractivity contribution is 0.0900. The van der Waals surface area contributed by atoms with Crippen LogP contribution in [0.3, 0.4) is 0 Å². The summed E-state index contributed by atoms with van der Waals surface area (Å²) < 4.78 is 0. The Morgan fingerprint density at radius 2 is 1.58 bits per heavy atom. The van der Waals surface area contributed by atoms with Crippen LogP contribution in [0, 0.1) is 6.92 Å². The Balaban J connectivity index is 1.42. The topological polar surface area (TPSA) is 35.6 Å². The number of hydrogen-bond acceptors (Lipinski definition) is 3. The zero-order valence-electron chi connectivity index (χ0n) is 15.8. The summed E-state index contributed by atoms with van der Waals surface area (Å²) in [6, 6.07) is 18.5. The van der Waals surface area contributed by atoms with Crippen LogP contribution in [-0.4, -0.2) is 54.5 Å². The Hall–Kier alpha value is -2.17. The van der Waals surface area contributed by atoms with Crippen molar-refractivity contribution >= 4 is 5.91 Å².